The monoisotopic (exact) mass is 303 g/mol. The lowest BCUT2D eigenvalue weighted by molar-refractivity contribution is -0.136. The number of carbonyl (C=O) groups is 1. The second kappa shape index (κ2) is 6.23. The summed E-state index contributed by atoms with van der Waals surface area (Å²) in [6.07, 6.45) is 7.41. The topological polar surface area (TPSA) is 66.1 Å². The molecule has 0 radical (unpaired) electrons. The lowest BCUT2D eigenvalue weighted by Gasteiger charge is -2.44. The van der Waals surface area contributed by atoms with Crippen LogP contribution in [0.15, 0.2) is 4.79 Å². The van der Waals surface area contributed by atoms with Crippen LogP contribution in [0.3, 0.4) is 0 Å². The Morgan fingerprint density at radius 2 is 1.95 bits per heavy atom. The molecule has 1 saturated heterocycles. The number of rotatable bonds is 2. The number of aromatic amines is 1. The first-order chi connectivity index (χ1) is 10.6. The van der Waals surface area contributed by atoms with E-state index in [1.807, 2.05) is 11.8 Å². The van der Waals surface area contributed by atoms with E-state index in [4.69, 9.17) is 0 Å². The Labute approximate surface area is 131 Å². The molecule has 5 heteroatoms. The van der Waals surface area contributed by atoms with Gasteiger partial charge in [0, 0.05) is 23.8 Å². The quantitative estimate of drug-likeness (QED) is 0.910. The Morgan fingerprint density at radius 3 is 2.73 bits per heavy atom. The molecule has 0 bridgehead atoms. The molecule has 0 aromatic carbocycles. The van der Waals surface area contributed by atoms with Gasteiger partial charge < -0.3 is 9.88 Å². The molecular weight excluding hydrogens is 278 g/mol. The molecule has 2 fully saturated rings. The molecule has 1 N–H and O–H groups in total. The number of carbonyl (C=O) groups excluding carboxylic acids is 1. The van der Waals surface area contributed by atoms with E-state index in [-0.39, 0.29) is 17.9 Å². The minimum atomic E-state index is -0.171. The summed E-state index contributed by atoms with van der Waals surface area (Å²) in [5.41, 5.74) is 1.02. The standard InChI is InChI=1S/C17H25N3O2/c1-11-14(17(22)19-12(2)18-11)10-16(21)20-9-5-7-13-6-3-4-8-15(13)20/h13,15H,3-10H2,1-2H3,(H,18,19,22)/t13-,15-/m0/s1. The van der Waals surface area contributed by atoms with Crippen molar-refractivity contribution in [1.82, 2.24) is 14.9 Å². The molecule has 1 saturated carbocycles. The van der Waals surface area contributed by atoms with Crippen LogP contribution in [0.25, 0.3) is 0 Å². The maximum absolute atomic E-state index is 12.8. The van der Waals surface area contributed by atoms with Gasteiger partial charge >= 0.3 is 0 Å². The SMILES string of the molecule is Cc1nc(C)c(CC(=O)N2CCC[C@@H]3CCCC[C@@H]32)c(=O)[nH]1. The summed E-state index contributed by atoms with van der Waals surface area (Å²) in [7, 11) is 0. The van der Waals surface area contributed by atoms with Crippen molar-refractivity contribution >= 4 is 5.91 Å². The number of likely N-dealkylation sites (tertiary alicyclic amines) is 1. The number of nitrogens with one attached hydrogen (secondary N) is 1. The maximum atomic E-state index is 12.8. The highest BCUT2D eigenvalue weighted by molar-refractivity contribution is 5.79. The number of hydrogen-bond donors (Lipinski definition) is 1. The highest BCUT2D eigenvalue weighted by atomic mass is 16.2. The molecule has 2 heterocycles. The minimum Gasteiger partial charge on any atom is -0.339 e. The van der Waals surface area contributed by atoms with Gasteiger partial charge in [-0.2, -0.15) is 0 Å². The number of piperidine rings is 1. The number of aromatic nitrogens is 2. The molecule has 1 aromatic heterocycles. The highest BCUT2D eigenvalue weighted by Gasteiger charge is 2.35. The molecule has 22 heavy (non-hydrogen) atoms. The van der Waals surface area contributed by atoms with Crippen molar-refractivity contribution in [3.8, 4) is 0 Å². The number of nitrogens with zero attached hydrogens (tertiary/aromatic N) is 2. The summed E-state index contributed by atoms with van der Waals surface area (Å²) in [5.74, 6) is 1.36. The average Bonchev–Trinajstić information content (AvgIpc) is 2.50. The first kappa shape index (κ1) is 15.3. The number of aryl methyl sites for hydroxylation is 2. The Bertz CT molecular complexity index is 621. The van der Waals surface area contributed by atoms with Gasteiger partial charge in [0.05, 0.1) is 6.42 Å². The van der Waals surface area contributed by atoms with Gasteiger partial charge in [-0.15, -0.1) is 0 Å². The van der Waals surface area contributed by atoms with E-state index < -0.39 is 0 Å². The molecule has 2 atom stereocenters. The van der Waals surface area contributed by atoms with Crippen molar-refractivity contribution in [2.75, 3.05) is 6.54 Å². The molecule has 1 aliphatic heterocycles. The summed E-state index contributed by atoms with van der Waals surface area (Å²) in [6.45, 7) is 4.41. The molecule has 1 aromatic rings. The molecular formula is C17H25N3O2. The fourth-order valence-corrected chi connectivity index (χ4v) is 4.15. The van der Waals surface area contributed by atoms with Gasteiger partial charge in [-0.25, -0.2) is 4.98 Å². The van der Waals surface area contributed by atoms with Crippen molar-refractivity contribution < 1.29 is 4.79 Å². The number of amides is 1. The minimum absolute atomic E-state index is 0.0934. The van der Waals surface area contributed by atoms with E-state index in [9.17, 15) is 9.59 Å². The van der Waals surface area contributed by atoms with Crippen LogP contribution in [0.1, 0.15) is 55.6 Å². The van der Waals surface area contributed by atoms with E-state index in [0.717, 1.165) is 19.4 Å². The molecule has 3 rings (SSSR count). The maximum Gasteiger partial charge on any atom is 0.254 e. The summed E-state index contributed by atoms with van der Waals surface area (Å²) in [4.78, 5) is 33.9. The van der Waals surface area contributed by atoms with E-state index >= 15 is 0 Å². The van der Waals surface area contributed by atoms with Crippen LogP contribution >= 0.6 is 0 Å². The zero-order chi connectivity index (χ0) is 15.7. The predicted molar refractivity (Wildman–Crippen MR) is 84.7 cm³/mol. The van der Waals surface area contributed by atoms with Crippen LogP contribution < -0.4 is 5.56 Å². The Morgan fingerprint density at radius 1 is 1.23 bits per heavy atom. The van der Waals surface area contributed by atoms with Crippen LogP contribution in [0, 0.1) is 19.8 Å². The molecule has 1 amide bonds. The molecule has 5 nitrogen and oxygen atoms in total. The first-order valence-electron chi connectivity index (χ1n) is 8.42. The smallest absolute Gasteiger partial charge is 0.254 e. The van der Waals surface area contributed by atoms with Crippen LogP contribution in [0.2, 0.25) is 0 Å². The van der Waals surface area contributed by atoms with E-state index in [1.54, 1.807) is 6.92 Å². The zero-order valence-corrected chi connectivity index (χ0v) is 13.5. The Balaban J connectivity index is 1.78. The lowest BCUT2D eigenvalue weighted by Crippen LogP contribution is -2.50. The van der Waals surface area contributed by atoms with Gasteiger partial charge in [0.25, 0.3) is 5.56 Å². The van der Waals surface area contributed by atoms with Gasteiger partial charge in [0.15, 0.2) is 0 Å². The largest absolute Gasteiger partial charge is 0.339 e. The summed E-state index contributed by atoms with van der Waals surface area (Å²) < 4.78 is 0. The van der Waals surface area contributed by atoms with Crippen molar-refractivity contribution in [3.05, 3.63) is 27.4 Å². The predicted octanol–water partition coefficient (Wildman–Crippen LogP) is 2.11. The lowest BCUT2D eigenvalue weighted by atomic mass is 9.78. The fraction of sp³-hybridized carbons (Fsp3) is 0.706. The van der Waals surface area contributed by atoms with Crippen LogP contribution in [-0.4, -0.2) is 33.4 Å². The average molecular weight is 303 g/mol. The highest BCUT2D eigenvalue weighted by Crippen LogP contribution is 2.35. The van der Waals surface area contributed by atoms with Crippen LogP contribution in [0.5, 0.6) is 0 Å². The van der Waals surface area contributed by atoms with Gasteiger partial charge in [-0.05, 0) is 45.4 Å². The van der Waals surface area contributed by atoms with Crippen molar-refractivity contribution in [2.24, 2.45) is 5.92 Å². The summed E-state index contributed by atoms with van der Waals surface area (Å²) >= 11 is 0. The second-order valence-corrected chi connectivity index (χ2v) is 6.73. The van der Waals surface area contributed by atoms with Crippen molar-refractivity contribution in [1.29, 1.82) is 0 Å². The molecule has 0 spiro atoms. The second-order valence-electron chi connectivity index (χ2n) is 6.73. The van der Waals surface area contributed by atoms with Crippen molar-refractivity contribution in [2.45, 2.75) is 64.8 Å². The normalized spacial score (nSPS) is 24.9. The first-order valence-corrected chi connectivity index (χ1v) is 8.42. The number of hydrogen-bond acceptors (Lipinski definition) is 3. The van der Waals surface area contributed by atoms with Gasteiger partial charge in [0.2, 0.25) is 5.91 Å². The van der Waals surface area contributed by atoms with Gasteiger partial charge in [-0.1, -0.05) is 12.8 Å². The third-order valence-corrected chi connectivity index (χ3v) is 5.23. The zero-order valence-electron chi connectivity index (χ0n) is 13.5. The summed E-state index contributed by atoms with van der Waals surface area (Å²) in [6, 6.07) is 0.396. The number of H-pyrrole nitrogens is 1. The summed E-state index contributed by atoms with van der Waals surface area (Å²) in [5, 5.41) is 0. The van der Waals surface area contributed by atoms with E-state index in [0.29, 0.717) is 29.0 Å². The molecule has 2 aliphatic rings. The Hall–Kier alpha value is -1.65. The third-order valence-electron chi connectivity index (χ3n) is 5.23. The Kier molecular flexibility index (Phi) is 4.32. The molecule has 120 valence electrons. The molecule has 1 aliphatic carbocycles. The van der Waals surface area contributed by atoms with Crippen LogP contribution in [-0.2, 0) is 11.2 Å². The van der Waals surface area contributed by atoms with Gasteiger partial charge in [0.1, 0.15) is 5.82 Å². The van der Waals surface area contributed by atoms with Crippen LogP contribution in [0.4, 0.5) is 0 Å². The van der Waals surface area contributed by atoms with Gasteiger partial charge in [-0.3, -0.25) is 9.59 Å². The van der Waals surface area contributed by atoms with E-state index in [1.165, 1.54) is 25.7 Å². The fourth-order valence-electron chi connectivity index (χ4n) is 4.15. The van der Waals surface area contributed by atoms with Crippen molar-refractivity contribution in [3.63, 3.8) is 0 Å². The molecule has 0 unspecified atom stereocenters. The number of fused-ring (bicyclic) bond motifs is 1. The third kappa shape index (κ3) is 2.94. The van der Waals surface area contributed by atoms with E-state index in [2.05, 4.69) is 9.97 Å².